The normalized spacial score (nSPS) is 22.1. The van der Waals surface area contributed by atoms with E-state index in [2.05, 4.69) is 6.07 Å². The summed E-state index contributed by atoms with van der Waals surface area (Å²) in [5, 5.41) is 10.9. The Morgan fingerprint density at radius 1 is 0.882 bits per heavy atom. The van der Waals surface area contributed by atoms with Gasteiger partial charge in [-0.3, -0.25) is 0 Å². The third-order valence-electron chi connectivity index (χ3n) is 3.40. The van der Waals surface area contributed by atoms with Crippen LogP contribution in [0.2, 0.25) is 0 Å². The monoisotopic (exact) mass is 222 g/mol. The number of fused-ring (bicyclic) bond motifs is 1. The van der Waals surface area contributed by atoms with Crippen LogP contribution in [0.25, 0.3) is 5.57 Å². The molecule has 0 aliphatic heterocycles. The summed E-state index contributed by atoms with van der Waals surface area (Å²) in [5.74, 6) is 0. The number of hydrogen-bond donors (Lipinski definition) is 1. The zero-order chi connectivity index (χ0) is 11.9. The van der Waals surface area contributed by atoms with E-state index in [4.69, 9.17) is 0 Å². The van der Waals surface area contributed by atoms with Crippen molar-refractivity contribution in [3.05, 3.63) is 77.4 Å². The third kappa shape index (κ3) is 1.43. The smallest absolute Gasteiger partial charge is 0.134 e. The van der Waals surface area contributed by atoms with Crippen molar-refractivity contribution < 1.29 is 5.11 Å². The van der Waals surface area contributed by atoms with Gasteiger partial charge in [-0.15, -0.1) is 0 Å². The molecular weight excluding hydrogens is 208 g/mol. The molecule has 0 bridgehead atoms. The van der Waals surface area contributed by atoms with Crippen molar-refractivity contribution in [2.24, 2.45) is 0 Å². The fraction of sp³-hybridized carbons (Fsp3) is 0.125. The van der Waals surface area contributed by atoms with Crippen molar-refractivity contribution >= 4 is 5.57 Å². The lowest BCUT2D eigenvalue weighted by Gasteiger charge is -2.23. The van der Waals surface area contributed by atoms with Gasteiger partial charge in [0.05, 0.1) is 0 Å². The van der Waals surface area contributed by atoms with E-state index in [0.29, 0.717) is 0 Å². The average molecular weight is 222 g/mol. The molecule has 1 nitrogen and oxygen atoms in total. The van der Waals surface area contributed by atoms with Crippen LogP contribution in [-0.4, -0.2) is 5.11 Å². The molecule has 0 radical (unpaired) electrons. The first-order chi connectivity index (χ1) is 8.22. The molecule has 0 aromatic heterocycles. The van der Waals surface area contributed by atoms with E-state index in [1.807, 2.05) is 61.5 Å². The maximum Gasteiger partial charge on any atom is 0.134 e. The predicted molar refractivity (Wildman–Crippen MR) is 69.5 cm³/mol. The van der Waals surface area contributed by atoms with E-state index < -0.39 is 5.60 Å². The van der Waals surface area contributed by atoms with Gasteiger partial charge >= 0.3 is 0 Å². The second kappa shape index (κ2) is 3.57. The molecule has 0 spiro atoms. The van der Waals surface area contributed by atoms with Gasteiger partial charge in [0.25, 0.3) is 0 Å². The molecule has 1 aliphatic carbocycles. The molecule has 2 aromatic rings. The summed E-state index contributed by atoms with van der Waals surface area (Å²) in [7, 11) is 0. The van der Waals surface area contributed by atoms with Crippen LogP contribution in [0, 0.1) is 0 Å². The highest BCUT2D eigenvalue weighted by Crippen LogP contribution is 2.42. The van der Waals surface area contributed by atoms with Gasteiger partial charge in [-0.25, -0.2) is 0 Å². The second-order valence-corrected chi connectivity index (χ2v) is 4.51. The number of rotatable bonds is 1. The number of aliphatic hydroxyl groups is 1. The fourth-order valence-corrected chi connectivity index (χ4v) is 2.56. The highest BCUT2D eigenvalue weighted by Gasteiger charge is 2.35. The van der Waals surface area contributed by atoms with Crippen molar-refractivity contribution in [1.82, 2.24) is 0 Å². The van der Waals surface area contributed by atoms with Crippen LogP contribution < -0.4 is 0 Å². The summed E-state index contributed by atoms with van der Waals surface area (Å²) in [4.78, 5) is 0. The first kappa shape index (κ1) is 10.3. The van der Waals surface area contributed by atoms with Crippen LogP contribution >= 0.6 is 0 Å². The Labute approximate surface area is 101 Å². The topological polar surface area (TPSA) is 20.2 Å². The van der Waals surface area contributed by atoms with Gasteiger partial charge in [0, 0.05) is 0 Å². The molecule has 1 N–H and O–H groups in total. The molecule has 1 atom stereocenters. The van der Waals surface area contributed by atoms with E-state index in [0.717, 1.165) is 22.3 Å². The average Bonchev–Trinajstić information content (AvgIpc) is 2.65. The summed E-state index contributed by atoms with van der Waals surface area (Å²) < 4.78 is 0. The number of benzene rings is 2. The molecule has 3 rings (SSSR count). The lowest BCUT2D eigenvalue weighted by molar-refractivity contribution is 0.138. The lowest BCUT2D eigenvalue weighted by atomic mass is 9.88. The minimum atomic E-state index is -0.970. The standard InChI is InChI=1S/C16H14O/c1-12-11-16(17,13-7-3-2-4-8-13)15-10-6-5-9-14(12)15/h2-11,17H,1H3/t16-/m1/s1. The zero-order valence-corrected chi connectivity index (χ0v) is 9.72. The Balaban J connectivity index is 2.24. The third-order valence-corrected chi connectivity index (χ3v) is 3.40. The largest absolute Gasteiger partial charge is 0.377 e. The SMILES string of the molecule is CC1=C[C@@](O)(c2ccccc2)c2ccccc21. The number of allylic oxidation sites excluding steroid dienone is 1. The molecule has 0 saturated carbocycles. The van der Waals surface area contributed by atoms with Crippen molar-refractivity contribution in [3.8, 4) is 0 Å². The van der Waals surface area contributed by atoms with E-state index in [1.165, 1.54) is 0 Å². The summed E-state index contributed by atoms with van der Waals surface area (Å²) >= 11 is 0. The van der Waals surface area contributed by atoms with Crippen LogP contribution in [0.3, 0.4) is 0 Å². The second-order valence-electron chi connectivity index (χ2n) is 4.51. The van der Waals surface area contributed by atoms with Crippen molar-refractivity contribution in [2.45, 2.75) is 12.5 Å². The Morgan fingerprint density at radius 2 is 1.53 bits per heavy atom. The van der Waals surface area contributed by atoms with Crippen LogP contribution in [0.1, 0.15) is 23.6 Å². The Bertz CT molecular complexity index is 583. The summed E-state index contributed by atoms with van der Waals surface area (Å²) in [6, 6.07) is 17.8. The Kier molecular flexibility index (Phi) is 2.17. The van der Waals surface area contributed by atoms with Crippen LogP contribution in [-0.2, 0) is 5.60 Å². The first-order valence-corrected chi connectivity index (χ1v) is 5.79. The van der Waals surface area contributed by atoms with E-state index >= 15 is 0 Å². The quantitative estimate of drug-likeness (QED) is 0.784. The zero-order valence-electron chi connectivity index (χ0n) is 9.72. The van der Waals surface area contributed by atoms with Gasteiger partial charge in [-0.05, 0) is 35.3 Å². The molecule has 0 heterocycles. The van der Waals surface area contributed by atoms with Crippen molar-refractivity contribution in [3.63, 3.8) is 0 Å². The van der Waals surface area contributed by atoms with E-state index in [9.17, 15) is 5.11 Å². The molecule has 84 valence electrons. The Hall–Kier alpha value is -1.86. The molecule has 0 fully saturated rings. The van der Waals surface area contributed by atoms with Crippen LogP contribution in [0.5, 0.6) is 0 Å². The molecule has 1 heteroatoms. The summed E-state index contributed by atoms with van der Waals surface area (Å²) in [6.07, 6.45) is 1.94. The molecule has 0 unspecified atom stereocenters. The summed E-state index contributed by atoms with van der Waals surface area (Å²) in [6.45, 7) is 2.04. The first-order valence-electron chi connectivity index (χ1n) is 5.79. The summed E-state index contributed by atoms with van der Waals surface area (Å²) in [5.41, 5.74) is 3.20. The molecule has 2 aromatic carbocycles. The maximum atomic E-state index is 10.9. The number of hydrogen-bond acceptors (Lipinski definition) is 1. The maximum absolute atomic E-state index is 10.9. The minimum Gasteiger partial charge on any atom is -0.377 e. The van der Waals surface area contributed by atoms with Gasteiger partial charge in [0.2, 0.25) is 0 Å². The minimum absolute atomic E-state index is 0.921. The van der Waals surface area contributed by atoms with E-state index in [1.54, 1.807) is 0 Å². The van der Waals surface area contributed by atoms with Gasteiger partial charge in [-0.2, -0.15) is 0 Å². The molecular formula is C16H14O. The van der Waals surface area contributed by atoms with Gasteiger partial charge in [0.1, 0.15) is 5.60 Å². The van der Waals surface area contributed by atoms with Gasteiger partial charge in [0.15, 0.2) is 0 Å². The highest BCUT2D eigenvalue weighted by molar-refractivity contribution is 5.76. The Morgan fingerprint density at radius 3 is 2.29 bits per heavy atom. The molecule has 0 amide bonds. The van der Waals surface area contributed by atoms with Crippen LogP contribution in [0.4, 0.5) is 0 Å². The highest BCUT2D eigenvalue weighted by atomic mass is 16.3. The molecule has 17 heavy (non-hydrogen) atoms. The molecule has 0 saturated heterocycles. The van der Waals surface area contributed by atoms with Crippen LogP contribution in [0.15, 0.2) is 60.7 Å². The fourth-order valence-electron chi connectivity index (χ4n) is 2.56. The van der Waals surface area contributed by atoms with Gasteiger partial charge in [-0.1, -0.05) is 54.6 Å². The molecule has 1 aliphatic rings. The van der Waals surface area contributed by atoms with Gasteiger partial charge < -0.3 is 5.11 Å². The van der Waals surface area contributed by atoms with E-state index in [-0.39, 0.29) is 0 Å². The van der Waals surface area contributed by atoms with Crippen molar-refractivity contribution in [1.29, 1.82) is 0 Å². The lowest BCUT2D eigenvalue weighted by Crippen LogP contribution is -2.22. The predicted octanol–water partition coefficient (Wildman–Crippen LogP) is 3.34. The van der Waals surface area contributed by atoms with Crippen molar-refractivity contribution in [2.75, 3.05) is 0 Å².